The van der Waals surface area contributed by atoms with Crippen molar-refractivity contribution in [3.05, 3.63) is 90.0 Å². The highest BCUT2D eigenvalue weighted by Gasteiger charge is 2.32. The van der Waals surface area contributed by atoms with Gasteiger partial charge in [0.05, 0.1) is 11.0 Å². The van der Waals surface area contributed by atoms with E-state index >= 15 is 0 Å². The van der Waals surface area contributed by atoms with Gasteiger partial charge in [0.15, 0.2) is 0 Å². The smallest absolute Gasteiger partial charge is 0.0579 e. The van der Waals surface area contributed by atoms with Crippen LogP contribution in [0.2, 0.25) is 0 Å². The Hall–Kier alpha value is -2.80. The lowest BCUT2D eigenvalue weighted by molar-refractivity contribution is 0.557. The van der Waals surface area contributed by atoms with Gasteiger partial charge in [-0.05, 0) is 42.0 Å². The van der Waals surface area contributed by atoms with Crippen molar-refractivity contribution in [1.29, 1.82) is 0 Å². The molecule has 6 rings (SSSR count). The Labute approximate surface area is 147 Å². The lowest BCUT2D eigenvalue weighted by atomic mass is 9.75. The van der Waals surface area contributed by atoms with Gasteiger partial charge in [-0.25, -0.2) is 0 Å². The van der Waals surface area contributed by atoms with Gasteiger partial charge < -0.3 is 4.57 Å². The first-order valence-electron chi connectivity index (χ1n) is 9.21. The molecule has 2 unspecified atom stereocenters. The lowest BCUT2D eigenvalue weighted by Crippen LogP contribution is -2.12. The molecule has 0 fully saturated rings. The Morgan fingerprint density at radius 1 is 0.760 bits per heavy atom. The van der Waals surface area contributed by atoms with E-state index in [1.807, 2.05) is 0 Å². The molecule has 0 saturated carbocycles. The number of nitrogens with zero attached hydrogens (tertiary/aromatic N) is 1. The molecule has 0 radical (unpaired) electrons. The first kappa shape index (κ1) is 13.5. The molecule has 1 nitrogen and oxygen atoms in total. The summed E-state index contributed by atoms with van der Waals surface area (Å²) in [4.78, 5) is 0. The molecule has 0 N–H and O–H groups in total. The highest BCUT2D eigenvalue weighted by atomic mass is 15.0. The van der Waals surface area contributed by atoms with Gasteiger partial charge in [0.1, 0.15) is 0 Å². The number of allylic oxidation sites excluding steroid dienone is 2. The standard InChI is InChI=1S/C24H19N/c1-2-9-17-16(8-1)18-10-3-5-14-22(18)25-23-15-6-4-11-19(23)21-13-7-12-20(17)24(21)25/h2-7,9-17H,1,8H2. The van der Waals surface area contributed by atoms with Crippen molar-refractivity contribution in [3.8, 4) is 5.69 Å². The van der Waals surface area contributed by atoms with Crippen LogP contribution in [0.25, 0.3) is 27.5 Å². The van der Waals surface area contributed by atoms with Crippen molar-refractivity contribution >= 4 is 21.8 Å². The summed E-state index contributed by atoms with van der Waals surface area (Å²) < 4.78 is 2.52. The van der Waals surface area contributed by atoms with Gasteiger partial charge in [-0.1, -0.05) is 66.7 Å². The molecule has 1 aliphatic heterocycles. The SMILES string of the molecule is C1=CC2c3cccc4c5ccccc5n(c34)-c3ccccc3C2CC1. The second-order valence-corrected chi connectivity index (χ2v) is 7.29. The van der Waals surface area contributed by atoms with Gasteiger partial charge in [0, 0.05) is 22.4 Å². The number of fused-ring (bicyclic) bond motifs is 8. The third-order valence-corrected chi connectivity index (χ3v) is 6.08. The van der Waals surface area contributed by atoms with Crippen molar-refractivity contribution in [1.82, 2.24) is 4.57 Å². The van der Waals surface area contributed by atoms with Gasteiger partial charge in [-0.2, -0.15) is 0 Å². The third-order valence-electron chi connectivity index (χ3n) is 6.08. The number of rotatable bonds is 0. The summed E-state index contributed by atoms with van der Waals surface area (Å²) in [5.74, 6) is 1.05. The zero-order valence-corrected chi connectivity index (χ0v) is 14.0. The van der Waals surface area contributed by atoms with Crippen molar-refractivity contribution in [3.63, 3.8) is 0 Å². The molecule has 1 aliphatic carbocycles. The fourth-order valence-electron chi connectivity index (χ4n) is 5.07. The number of para-hydroxylation sites is 3. The summed E-state index contributed by atoms with van der Waals surface area (Å²) in [7, 11) is 0. The first-order chi connectivity index (χ1) is 12.4. The van der Waals surface area contributed by atoms with Crippen molar-refractivity contribution in [2.24, 2.45) is 0 Å². The fraction of sp³-hybridized carbons (Fsp3) is 0.167. The summed E-state index contributed by atoms with van der Waals surface area (Å²) in [6, 6.07) is 24.7. The molecular formula is C24H19N. The quantitative estimate of drug-likeness (QED) is 0.334. The molecular weight excluding hydrogens is 302 g/mol. The zero-order chi connectivity index (χ0) is 16.4. The first-order valence-corrected chi connectivity index (χ1v) is 9.21. The van der Waals surface area contributed by atoms with Gasteiger partial charge in [-0.3, -0.25) is 0 Å². The van der Waals surface area contributed by atoms with Crippen LogP contribution in [0.5, 0.6) is 0 Å². The topological polar surface area (TPSA) is 4.93 Å². The van der Waals surface area contributed by atoms with Crippen molar-refractivity contribution < 1.29 is 0 Å². The van der Waals surface area contributed by atoms with E-state index in [-0.39, 0.29) is 0 Å². The highest BCUT2D eigenvalue weighted by molar-refractivity contribution is 6.10. The molecule has 0 saturated heterocycles. The molecule has 0 bridgehead atoms. The molecule has 120 valence electrons. The Bertz CT molecular complexity index is 1160. The fourth-order valence-corrected chi connectivity index (χ4v) is 5.07. The number of aromatic nitrogens is 1. The number of hydrogen-bond acceptors (Lipinski definition) is 0. The minimum Gasteiger partial charge on any atom is -0.309 e. The van der Waals surface area contributed by atoms with Crippen LogP contribution in [-0.2, 0) is 0 Å². The summed E-state index contributed by atoms with van der Waals surface area (Å²) >= 11 is 0. The lowest BCUT2D eigenvalue weighted by Gasteiger charge is -2.28. The highest BCUT2D eigenvalue weighted by Crippen LogP contribution is 2.49. The van der Waals surface area contributed by atoms with E-state index in [9.17, 15) is 0 Å². The molecule has 0 spiro atoms. The summed E-state index contributed by atoms with van der Waals surface area (Å²) in [5, 5.41) is 2.73. The second kappa shape index (κ2) is 4.86. The Morgan fingerprint density at radius 3 is 2.56 bits per heavy atom. The summed E-state index contributed by atoms with van der Waals surface area (Å²) in [5.41, 5.74) is 7.06. The average molecular weight is 321 g/mol. The third kappa shape index (κ3) is 1.68. The molecule has 1 heteroatoms. The maximum Gasteiger partial charge on any atom is 0.0579 e. The Morgan fingerprint density at radius 2 is 1.56 bits per heavy atom. The normalized spacial score (nSPS) is 21.1. The summed E-state index contributed by atoms with van der Waals surface area (Å²) in [6.45, 7) is 0. The molecule has 2 atom stereocenters. The van der Waals surface area contributed by atoms with Gasteiger partial charge >= 0.3 is 0 Å². The van der Waals surface area contributed by atoms with E-state index in [1.165, 1.54) is 51.5 Å². The van der Waals surface area contributed by atoms with Crippen LogP contribution in [0.1, 0.15) is 35.8 Å². The van der Waals surface area contributed by atoms with Crippen molar-refractivity contribution in [2.45, 2.75) is 24.7 Å². The maximum atomic E-state index is 2.52. The number of hydrogen-bond donors (Lipinski definition) is 0. The maximum absolute atomic E-state index is 2.52. The number of benzene rings is 3. The van der Waals surface area contributed by atoms with Crippen molar-refractivity contribution in [2.75, 3.05) is 0 Å². The second-order valence-electron chi connectivity index (χ2n) is 7.29. The van der Waals surface area contributed by atoms with Crippen LogP contribution in [0.15, 0.2) is 78.9 Å². The molecule has 3 aromatic carbocycles. The van der Waals surface area contributed by atoms with Crippen LogP contribution in [0, 0.1) is 0 Å². The van der Waals surface area contributed by atoms with E-state index in [2.05, 4.69) is 83.4 Å². The van der Waals surface area contributed by atoms with E-state index in [1.54, 1.807) is 0 Å². The zero-order valence-electron chi connectivity index (χ0n) is 14.0. The van der Waals surface area contributed by atoms with Crippen LogP contribution in [0.3, 0.4) is 0 Å². The summed E-state index contributed by atoms with van der Waals surface area (Å²) in [6.07, 6.45) is 7.24. The van der Waals surface area contributed by atoms with Crippen LogP contribution >= 0.6 is 0 Å². The molecule has 4 aromatic rings. The van der Waals surface area contributed by atoms with Crippen LogP contribution < -0.4 is 0 Å². The predicted molar refractivity (Wildman–Crippen MR) is 105 cm³/mol. The van der Waals surface area contributed by atoms with E-state index in [0.29, 0.717) is 11.8 Å². The Balaban J connectivity index is 1.89. The molecule has 2 heterocycles. The van der Waals surface area contributed by atoms with Gasteiger partial charge in [0.25, 0.3) is 0 Å². The molecule has 25 heavy (non-hydrogen) atoms. The molecule has 1 aromatic heterocycles. The van der Waals surface area contributed by atoms with E-state index in [0.717, 1.165) is 0 Å². The van der Waals surface area contributed by atoms with E-state index in [4.69, 9.17) is 0 Å². The average Bonchev–Trinajstić information content (AvgIpc) is 2.96. The monoisotopic (exact) mass is 321 g/mol. The van der Waals surface area contributed by atoms with Crippen LogP contribution in [0.4, 0.5) is 0 Å². The van der Waals surface area contributed by atoms with Gasteiger partial charge in [0.2, 0.25) is 0 Å². The predicted octanol–water partition coefficient (Wildman–Crippen LogP) is 6.31. The minimum atomic E-state index is 0.476. The minimum absolute atomic E-state index is 0.476. The van der Waals surface area contributed by atoms with E-state index < -0.39 is 0 Å². The Kier molecular flexibility index (Phi) is 2.62. The van der Waals surface area contributed by atoms with Crippen LogP contribution in [-0.4, -0.2) is 4.57 Å². The molecule has 0 amide bonds. The molecule has 2 aliphatic rings. The largest absolute Gasteiger partial charge is 0.309 e. The van der Waals surface area contributed by atoms with Gasteiger partial charge in [-0.15, -0.1) is 0 Å².